The van der Waals surface area contributed by atoms with Gasteiger partial charge in [-0.05, 0) is 42.7 Å². The lowest BCUT2D eigenvalue weighted by molar-refractivity contribution is -0.117. The molecule has 5 heteroatoms. The van der Waals surface area contributed by atoms with E-state index in [4.69, 9.17) is 4.74 Å². The van der Waals surface area contributed by atoms with Gasteiger partial charge >= 0.3 is 0 Å². The molecule has 0 bridgehead atoms. The van der Waals surface area contributed by atoms with Gasteiger partial charge in [-0.3, -0.25) is 4.79 Å². The Labute approximate surface area is 151 Å². The monoisotopic (exact) mass is 354 g/mol. The molecule has 0 N–H and O–H groups in total. The Hall–Kier alpha value is -2.40. The van der Waals surface area contributed by atoms with E-state index in [9.17, 15) is 4.79 Å². The number of fused-ring (bicyclic) bond motifs is 1. The van der Waals surface area contributed by atoms with Crippen molar-refractivity contribution in [1.82, 2.24) is 4.57 Å². The highest BCUT2D eigenvalue weighted by Crippen LogP contribution is 2.22. The van der Waals surface area contributed by atoms with E-state index in [2.05, 4.69) is 41.6 Å². The smallest absolute Gasteiger partial charge is 0.252 e. The minimum atomic E-state index is -0.139. The fraction of sp³-hybridized carbons (Fsp3) is 0.300. The van der Waals surface area contributed by atoms with E-state index in [1.165, 1.54) is 15.8 Å². The fourth-order valence-electron chi connectivity index (χ4n) is 2.97. The summed E-state index contributed by atoms with van der Waals surface area (Å²) >= 11 is 1.58. The number of para-hydroxylation sites is 1. The zero-order valence-electron chi connectivity index (χ0n) is 14.8. The van der Waals surface area contributed by atoms with E-state index < -0.39 is 0 Å². The first kappa shape index (κ1) is 17.4. The zero-order valence-corrected chi connectivity index (χ0v) is 15.6. The lowest BCUT2D eigenvalue weighted by Crippen LogP contribution is -2.17. The first-order valence-corrected chi connectivity index (χ1v) is 9.29. The Bertz CT molecular complexity index is 969. The summed E-state index contributed by atoms with van der Waals surface area (Å²) in [4.78, 5) is 17.6. The molecule has 2 aromatic carbocycles. The lowest BCUT2D eigenvalue weighted by atomic mass is 10.1. The summed E-state index contributed by atoms with van der Waals surface area (Å²) in [5.74, 6) is 0.614. The number of thiazole rings is 1. The quantitative estimate of drug-likeness (QED) is 0.696. The number of benzene rings is 2. The van der Waals surface area contributed by atoms with Gasteiger partial charge in [-0.2, -0.15) is 4.99 Å². The molecule has 3 rings (SSSR count). The van der Waals surface area contributed by atoms with Gasteiger partial charge in [0.1, 0.15) is 5.75 Å². The summed E-state index contributed by atoms with van der Waals surface area (Å²) in [6.45, 7) is 5.03. The number of carbonyl (C=O) groups is 1. The zero-order chi connectivity index (χ0) is 17.8. The highest BCUT2D eigenvalue weighted by molar-refractivity contribution is 7.16. The normalized spacial score (nSPS) is 11.9. The summed E-state index contributed by atoms with van der Waals surface area (Å²) < 4.78 is 8.53. The molecule has 0 aliphatic rings. The van der Waals surface area contributed by atoms with Gasteiger partial charge in [0.25, 0.3) is 5.91 Å². The number of ether oxygens (including phenoxy) is 1. The maximum Gasteiger partial charge on any atom is 0.252 e. The number of nitrogens with zero attached hydrogens (tertiary/aromatic N) is 2. The number of methoxy groups -OCH3 is 1. The van der Waals surface area contributed by atoms with Gasteiger partial charge in [0, 0.05) is 6.54 Å². The number of rotatable bonds is 5. The molecule has 0 aliphatic heterocycles. The molecule has 130 valence electrons. The Morgan fingerprint density at radius 1 is 1.20 bits per heavy atom. The topological polar surface area (TPSA) is 43.6 Å². The van der Waals surface area contributed by atoms with Crippen LogP contribution in [0.15, 0.2) is 47.5 Å². The van der Waals surface area contributed by atoms with Crippen molar-refractivity contribution in [2.24, 2.45) is 4.99 Å². The molecule has 0 saturated carbocycles. The molecule has 25 heavy (non-hydrogen) atoms. The second-order valence-corrected chi connectivity index (χ2v) is 6.79. The summed E-state index contributed by atoms with van der Waals surface area (Å²) in [5, 5.41) is 0. The van der Waals surface area contributed by atoms with Crippen molar-refractivity contribution in [3.8, 4) is 5.75 Å². The van der Waals surface area contributed by atoms with Gasteiger partial charge < -0.3 is 9.30 Å². The van der Waals surface area contributed by atoms with Crippen LogP contribution in [0.1, 0.15) is 25.0 Å². The van der Waals surface area contributed by atoms with E-state index in [0.29, 0.717) is 0 Å². The minimum absolute atomic E-state index is 0.139. The second-order valence-electron chi connectivity index (χ2n) is 5.78. The first-order valence-electron chi connectivity index (χ1n) is 8.48. The molecular formula is C20H22N2O2S. The summed E-state index contributed by atoms with van der Waals surface area (Å²) in [7, 11) is 1.62. The van der Waals surface area contributed by atoms with Crippen LogP contribution in [-0.2, 0) is 24.2 Å². The van der Waals surface area contributed by atoms with Crippen LogP contribution in [0.2, 0.25) is 0 Å². The van der Waals surface area contributed by atoms with E-state index in [-0.39, 0.29) is 12.3 Å². The Morgan fingerprint density at radius 2 is 2.00 bits per heavy atom. The van der Waals surface area contributed by atoms with Gasteiger partial charge in [-0.1, -0.05) is 42.5 Å². The minimum Gasteiger partial charge on any atom is -0.497 e. The maximum atomic E-state index is 12.5. The van der Waals surface area contributed by atoms with E-state index in [1.807, 2.05) is 24.3 Å². The van der Waals surface area contributed by atoms with Gasteiger partial charge in [0.2, 0.25) is 0 Å². The third kappa shape index (κ3) is 3.66. The molecule has 1 heterocycles. The highest BCUT2D eigenvalue weighted by Gasteiger charge is 2.10. The molecular weight excluding hydrogens is 332 g/mol. The summed E-state index contributed by atoms with van der Waals surface area (Å²) in [5.41, 5.74) is 3.40. The van der Waals surface area contributed by atoms with Crippen molar-refractivity contribution in [3.05, 3.63) is 58.4 Å². The Balaban J connectivity index is 1.98. The van der Waals surface area contributed by atoms with Crippen LogP contribution in [0, 0.1) is 0 Å². The molecule has 0 atom stereocenters. The predicted octanol–water partition coefficient (Wildman–Crippen LogP) is 3.96. The molecule has 0 aliphatic carbocycles. The first-order chi connectivity index (χ1) is 12.2. The van der Waals surface area contributed by atoms with Gasteiger partial charge in [0.05, 0.1) is 23.7 Å². The maximum absolute atomic E-state index is 12.5. The van der Waals surface area contributed by atoms with Gasteiger partial charge in [-0.25, -0.2) is 0 Å². The third-order valence-corrected chi connectivity index (χ3v) is 5.24. The lowest BCUT2D eigenvalue weighted by Gasteiger charge is -2.05. The highest BCUT2D eigenvalue weighted by atomic mass is 32.1. The van der Waals surface area contributed by atoms with Crippen LogP contribution < -0.4 is 9.54 Å². The van der Waals surface area contributed by atoms with Crippen molar-refractivity contribution in [1.29, 1.82) is 0 Å². The predicted molar refractivity (Wildman–Crippen MR) is 102 cm³/mol. The Kier molecular flexibility index (Phi) is 5.34. The van der Waals surface area contributed by atoms with E-state index >= 15 is 0 Å². The molecule has 0 fully saturated rings. The van der Waals surface area contributed by atoms with Crippen LogP contribution in [0.25, 0.3) is 10.2 Å². The number of aryl methyl sites for hydroxylation is 2. The summed E-state index contributed by atoms with van der Waals surface area (Å²) in [6.07, 6.45) is 1.24. The number of carbonyl (C=O) groups excluding carboxylic acids is 1. The fourth-order valence-corrected chi connectivity index (χ4v) is 4.13. The summed E-state index contributed by atoms with van der Waals surface area (Å²) in [6, 6.07) is 13.9. The molecule has 1 amide bonds. The molecule has 3 aromatic rings. The van der Waals surface area contributed by atoms with Gasteiger partial charge in [-0.15, -0.1) is 0 Å². The third-order valence-electron chi connectivity index (χ3n) is 4.19. The van der Waals surface area contributed by atoms with E-state index in [0.717, 1.165) is 29.1 Å². The average molecular weight is 354 g/mol. The van der Waals surface area contributed by atoms with Crippen LogP contribution in [0.3, 0.4) is 0 Å². The van der Waals surface area contributed by atoms with Crippen LogP contribution in [0.4, 0.5) is 0 Å². The van der Waals surface area contributed by atoms with Crippen molar-refractivity contribution in [2.75, 3.05) is 7.11 Å². The standard InChI is InChI=1S/C20H22N2O2S/c1-4-15-9-7-11-17-19(15)22(5-2)20(25-17)21-18(23)13-14-8-6-10-16(12-14)24-3/h6-12H,4-5,13H2,1-3H3. The second kappa shape index (κ2) is 7.66. The number of aromatic nitrogens is 1. The molecule has 1 aromatic heterocycles. The van der Waals surface area contributed by atoms with E-state index in [1.54, 1.807) is 18.4 Å². The Morgan fingerprint density at radius 3 is 2.72 bits per heavy atom. The van der Waals surface area contributed by atoms with Crippen molar-refractivity contribution < 1.29 is 9.53 Å². The number of amides is 1. The number of hydrogen-bond acceptors (Lipinski definition) is 3. The number of hydrogen-bond donors (Lipinski definition) is 0. The van der Waals surface area contributed by atoms with Crippen molar-refractivity contribution in [2.45, 2.75) is 33.2 Å². The van der Waals surface area contributed by atoms with Crippen LogP contribution in [0.5, 0.6) is 5.75 Å². The molecule has 0 spiro atoms. The van der Waals surface area contributed by atoms with Crippen LogP contribution >= 0.6 is 11.3 Å². The molecule has 0 saturated heterocycles. The van der Waals surface area contributed by atoms with Gasteiger partial charge in [0.15, 0.2) is 4.80 Å². The van der Waals surface area contributed by atoms with Crippen molar-refractivity contribution >= 4 is 27.5 Å². The van der Waals surface area contributed by atoms with Crippen molar-refractivity contribution in [3.63, 3.8) is 0 Å². The molecule has 4 nitrogen and oxygen atoms in total. The average Bonchev–Trinajstić information content (AvgIpc) is 2.98. The SMILES string of the molecule is CCc1cccc2sc(=NC(=O)Cc3cccc(OC)c3)n(CC)c12. The van der Waals surface area contributed by atoms with Crippen LogP contribution in [-0.4, -0.2) is 17.6 Å². The molecule has 0 unspecified atom stereocenters. The molecule has 0 radical (unpaired) electrons. The largest absolute Gasteiger partial charge is 0.497 e.